The summed E-state index contributed by atoms with van der Waals surface area (Å²) in [6.07, 6.45) is 2.97. The Morgan fingerprint density at radius 1 is 1.32 bits per heavy atom. The van der Waals surface area contributed by atoms with E-state index >= 15 is 0 Å². The number of primary amides is 1. The van der Waals surface area contributed by atoms with Gasteiger partial charge in [0.1, 0.15) is 17.9 Å². The molecule has 5 N–H and O–H groups in total. The molecule has 1 saturated carbocycles. The first-order chi connectivity index (χ1) is 10.5. The van der Waals surface area contributed by atoms with E-state index in [2.05, 4.69) is 5.32 Å². The maximum absolute atomic E-state index is 12.4. The molecule has 0 spiro atoms. The molecule has 0 atom stereocenters. The van der Waals surface area contributed by atoms with Crippen LogP contribution < -0.4 is 21.5 Å². The largest absolute Gasteiger partial charge is 0.492 e. The third-order valence-electron chi connectivity index (χ3n) is 4.11. The Morgan fingerprint density at radius 3 is 2.59 bits per heavy atom. The molecule has 1 aromatic carbocycles. The van der Waals surface area contributed by atoms with Gasteiger partial charge in [-0.25, -0.2) is 0 Å². The first-order valence-electron chi connectivity index (χ1n) is 7.54. The molecule has 0 bridgehead atoms. The van der Waals surface area contributed by atoms with Crippen LogP contribution in [0.5, 0.6) is 5.75 Å². The molecule has 2 amide bonds. The van der Waals surface area contributed by atoms with Gasteiger partial charge in [-0.3, -0.25) is 9.59 Å². The van der Waals surface area contributed by atoms with E-state index in [1.807, 2.05) is 13.0 Å². The Hall–Kier alpha value is -2.08. The van der Waals surface area contributed by atoms with Crippen LogP contribution in [0.15, 0.2) is 18.2 Å². The minimum absolute atomic E-state index is 0.307. The van der Waals surface area contributed by atoms with Gasteiger partial charge in [0.15, 0.2) is 0 Å². The maximum atomic E-state index is 12.4. The number of ether oxygens (including phenoxy) is 1. The lowest BCUT2D eigenvalue weighted by molar-refractivity contribution is -0.123. The molecular formula is C16H23N3O3. The second-order valence-corrected chi connectivity index (χ2v) is 5.73. The third-order valence-corrected chi connectivity index (χ3v) is 4.11. The fraction of sp³-hybridized carbons (Fsp3) is 0.500. The highest BCUT2D eigenvalue weighted by molar-refractivity contribution is 5.99. The summed E-state index contributed by atoms with van der Waals surface area (Å²) in [4.78, 5) is 24.2. The number of benzene rings is 1. The number of rotatable bonds is 6. The van der Waals surface area contributed by atoms with Crippen LogP contribution in [-0.4, -0.2) is 30.5 Å². The molecule has 120 valence electrons. The fourth-order valence-electron chi connectivity index (χ4n) is 2.77. The standard InChI is InChI=1S/C16H23N3O3/c1-11-4-5-12(10-13(11)22-9-8-17)14(20)19-16(15(18)21)6-2-3-7-16/h4-5,10H,2-3,6-9,17H2,1H3,(H2,18,21)(H,19,20). The van der Waals surface area contributed by atoms with Gasteiger partial charge in [0.05, 0.1) is 0 Å². The quantitative estimate of drug-likeness (QED) is 0.724. The van der Waals surface area contributed by atoms with Gasteiger partial charge in [0, 0.05) is 12.1 Å². The number of aryl methyl sites for hydroxylation is 1. The predicted molar refractivity (Wildman–Crippen MR) is 83.6 cm³/mol. The van der Waals surface area contributed by atoms with Gasteiger partial charge in [-0.05, 0) is 37.5 Å². The first kappa shape index (κ1) is 16.3. The van der Waals surface area contributed by atoms with Crippen molar-refractivity contribution < 1.29 is 14.3 Å². The number of nitrogens with two attached hydrogens (primary N) is 2. The minimum atomic E-state index is -0.916. The smallest absolute Gasteiger partial charge is 0.252 e. The van der Waals surface area contributed by atoms with Crippen LogP contribution in [0.4, 0.5) is 0 Å². The molecule has 0 unspecified atom stereocenters. The maximum Gasteiger partial charge on any atom is 0.252 e. The van der Waals surface area contributed by atoms with Crippen LogP contribution in [0, 0.1) is 6.92 Å². The predicted octanol–water partition coefficient (Wildman–Crippen LogP) is 0.860. The number of nitrogens with one attached hydrogen (secondary N) is 1. The molecule has 1 aromatic rings. The van der Waals surface area contributed by atoms with Gasteiger partial charge >= 0.3 is 0 Å². The average molecular weight is 305 g/mol. The highest BCUT2D eigenvalue weighted by Gasteiger charge is 2.41. The van der Waals surface area contributed by atoms with E-state index in [1.165, 1.54) is 0 Å². The normalized spacial score (nSPS) is 16.3. The zero-order valence-electron chi connectivity index (χ0n) is 12.9. The summed E-state index contributed by atoms with van der Waals surface area (Å²) in [6.45, 7) is 2.69. The van der Waals surface area contributed by atoms with E-state index in [1.54, 1.807) is 12.1 Å². The highest BCUT2D eigenvalue weighted by atomic mass is 16.5. The van der Waals surface area contributed by atoms with Crippen LogP contribution in [0.3, 0.4) is 0 Å². The summed E-state index contributed by atoms with van der Waals surface area (Å²) in [6, 6.07) is 5.19. The van der Waals surface area contributed by atoms with Gasteiger partial charge in [0.2, 0.25) is 5.91 Å². The van der Waals surface area contributed by atoms with Crippen molar-refractivity contribution in [1.29, 1.82) is 0 Å². The second-order valence-electron chi connectivity index (χ2n) is 5.73. The zero-order valence-corrected chi connectivity index (χ0v) is 12.9. The van der Waals surface area contributed by atoms with Crippen LogP contribution in [0.2, 0.25) is 0 Å². The van der Waals surface area contributed by atoms with E-state index in [0.29, 0.717) is 37.3 Å². The molecule has 0 aliphatic heterocycles. The molecule has 6 heteroatoms. The number of carbonyl (C=O) groups excluding carboxylic acids is 2. The van der Waals surface area contributed by atoms with Gasteiger partial charge in [-0.1, -0.05) is 18.9 Å². The average Bonchev–Trinajstić information content (AvgIpc) is 2.96. The second kappa shape index (κ2) is 6.79. The molecule has 0 radical (unpaired) electrons. The van der Waals surface area contributed by atoms with Crippen molar-refractivity contribution >= 4 is 11.8 Å². The summed E-state index contributed by atoms with van der Waals surface area (Å²) < 4.78 is 5.52. The molecule has 6 nitrogen and oxygen atoms in total. The van der Waals surface area contributed by atoms with Gasteiger partial charge in [-0.2, -0.15) is 0 Å². The van der Waals surface area contributed by atoms with Crippen molar-refractivity contribution in [3.8, 4) is 5.75 Å². The minimum Gasteiger partial charge on any atom is -0.492 e. The van der Waals surface area contributed by atoms with Gasteiger partial charge in [-0.15, -0.1) is 0 Å². The number of carbonyl (C=O) groups is 2. The van der Waals surface area contributed by atoms with E-state index in [9.17, 15) is 9.59 Å². The SMILES string of the molecule is Cc1ccc(C(=O)NC2(C(N)=O)CCCC2)cc1OCCN. The van der Waals surface area contributed by atoms with E-state index in [4.69, 9.17) is 16.2 Å². The molecule has 22 heavy (non-hydrogen) atoms. The monoisotopic (exact) mass is 305 g/mol. The van der Waals surface area contributed by atoms with Crippen LogP contribution >= 0.6 is 0 Å². The molecule has 0 aromatic heterocycles. The third kappa shape index (κ3) is 3.39. The lowest BCUT2D eigenvalue weighted by atomic mass is 9.96. The van der Waals surface area contributed by atoms with Crippen molar-refractivity contribution in [1.82, 2.24) is 5.32 Å². The van der Waals surface area contributed by atoms with E-state index < -0.39 is 11.4 Å². The lowest BCUT2D eigenvalue weighted by Gasteiger charge is -2.26. The molecule has 2 rings (SSSR count). The van der Waals surface area contributed by atoms with Crippen molar-refractivity contribution in [2.75, 3.05) is 13.2 Å². The number of hydrogen-bond acceptors (Lipinski definition) is 4. The lowest BCUT2D eigenvalue weighted by Crippen LogP contribution is -2.55. The molecule has 0 saturated heterocycles. The van der Waals surface area contributed by atoms with Gasteiger partial charge < -0.3 is 21.5 Å². The Morgan fingerprint density at radius 2 is 2.00 bits per heavy atom. The molecular weight excluding hydrogens is 282 g/mol. The molecule has 0 heterocycles. The van der Waals surface area contributed by atoms with E-state index in [0.717, 1.165) is 18.4 Å². The Labute approximate surface area is 130 Å². The highest BCUT2D eigenvalue weighted by Crippen LogP contribution is 2.30. The first-order valence-corrected chi connectivity index (χ1v) is 7.54. The van der Waals surface area contributed by atoms with Gasteiger partial charge in [0.25, 0.3) is 5.91 Å². The summed E-state index contributed by atoms with van der Waals surface area (Å²) >= 11 is 0. The topological polar surface area (TPSA) is 107 Å². The molecule has 1 aliphatic rings. The van der Waals surface area contributed by atoms with Crippen molar-refractivity contribution in [3.63, 3.8) is 0 Å². The Balaban J connectivity index is 2.17. The van der Waals surface area contributed by atoms with Crippen molar-refractivity contribution in [3.05, 3.63) is 29.3 Å². The van der Waals surface area contributed by atoms with E-state index in [-0.39, 0.29) is 5.91 Å². The van der Waals surface area contributed by atoms with Crippen molar-refractivity contribution in [2.24, 2.45) is 11.5 Å². The zero-order chi connectivity index (χ0) is 16.2. The number of amides is 2. The molecule has 1 fully saturated rings. The van der Waals surface area contributed by atoms with Crippen LogP contribution in [-0.2, 0) is 4.79 Å². The van der Waals surface area contributed by atoms with Crippen molar-refractivity contribution in [2.45, 2.75) is 38.1 Å². The summed E-state index contributed by atoms with van der Waals surface area (Å²) in [7, 11) is 0. The Bertz CT molecular complexity index is 566. The number of hydrogen-bond donors (Lipinski definition) is 3. The summed E-state index contributed by atoms with van der Waals surface area (Å²) in [5.41, 5.74) is 11.4. The fourth-order valence-corrected chi connectivity index (χ4v) is 2.77. The Kier molecular flexibility index (Phi) is 5.03. The molecule has 1 aliphatic carbocycles. The summed E-state index contributed by atoms with van der Waals surface area (Å²) in [5.74, 6) is -0.152. The van der Waals surface area contributed by atoms with Crippen LogP contribution in [0.1, 0.15) is 41.6 Å². The summed E-state index contributed by atoms with van der Waals surface area (Å²) in [5, 5.41) is 2.82. The van der Waals surface area contributed by atoms with Crippen LogP contribution in [0.25, 0.3) is 0 Å².